The van der Waals surface area contributed by atoms with Gasteiger partial charge in [0.05, 0.1) is 17.0 Å². The van der Waals surface area contributed by atoms with Crippen molar-refractivity contribution in [1.82, 2.24) is 4.98 Å². The van der Waals surface area contributed by atoms with Crippen LogP contribution in [-0.4, -0.2) is 16.6 Å². The highest BCUT2D eigenvalue weighted by atomic mass is 32.2. The Kier molecular flexibility index (Phi) is 5.07. The number of amides is 1. The minimum absolute atomic E-state index is 0.0102. The molecule has 1 aromatic heterocycles. The molecule has 4 heteroatoms. The van der Waals surface area contributed by atoms with Crippen molar-refractivity contribution >= 4 is 45.0 Å². The molecule has 0 aliphatic carbocycles. The molecule has 0 fully saturated rings. The fraction of sp³-hybridized carbons (Fsp3) is 0.130. The Morgan fingerprint density at radius 3 is 2.59 bits per heavy atom. The molecule has 0 saturated carbocycles. The maximum atomic E-state index is 12.5. The second-order valence-electron chi connectivity index (χ2n) is 6.52. The topological polar surface area (TPSA) is 42.0 Å². The molecule has 0 aliphatic rings. The quantitative estimate of drug-likeness (QED) is 0.466. The monoisotopic (exact) mass is 372 g/mol. The van der Waals surface area contributed by atoms with Crippen LogP contribution in [0.4, 0.5) is 5.69 Å². The van der Waals surface area contributed by atoms with Gasteiger partial charge in [0.25, 0.3) is 0 Å². The molecule has 0 atom stereocenters. The van der Waals surface area contributed by atoms with Crippen LogP contribution in [0.3, 0.4) is 0 Å². The molecule has 0 radical (unpaired) electrons. The highest BCUT2D eigenvalue weighted by Crippen LogP contribution is 2.29. The summed E-state index contributed by atoms with van der Waals surface area (Å²) in [7, 11) is 0. The van der Waals surface area contributed by atoms with E-state index in [0.717, 1.165) is 38.8 Å². The number of pyridine rings is 1. The van der Waals surface area contributed by atoms with Crippen LogP contribution >= 0.6 is 11.8 Å². The third-order valence-electron chi connectivity index (χ3n) is 4.45. The van der Waals surface area contributed by atoms with Crippen molar-refractivity contribution in [1.29, 1.82) is 0 Å². The van der Waals surface area contributed by atoms with Gasteiger partial charge in [-0.15, -0.1) is 11.8 Å². The number of rotatable bonds is 5. The number of thioether (sulfide) groups is 1. The second-order valence-corrected chi connectivity index (χ2v) is 7.51. The first-order chi connectivity index (χ1) is 13.2. The summed E-state index contributed by atoms with van der Waals surface area (Å²) in [5, 5.41) is 6.31. The number of fused-ring (bicyclic) bond motifs is 3. The molecular weight excluding hydrogens is 352 g/mol. The predicted octanol–water partition coefficient (Wildman–Crippen LogP) is 5.57. The Morgan fingerprint density at radius 1 is 0.963 bits per heavy atom. The summed E-state index contributed by atoms with van der Waals surface area (Å²) in [5.41, 5.74) is 3.88. The highest BCUT2D eigenvalue weighted by molar-refractivity contribution is 7.99. The average molecular weight is 372 g/mol. The molecule has 4 aromatic rings. The number of benzene rings is 3. The van der Waals surface area contributed by atoms with Crippen molar-refractivity contribution in [3.05, 3.63) is 84.1 Å². The van der Waals surface area contributed by atoms with Gasteiger partial charge in [0.1, 0.15) is 0 Å². The number of nitrogens with one attached hydrogen (secondary N) is 1. The first-order valence-electron chi connectivity index (χ1n) is 8.91. The van der Waals surface area contributed by atoms with Gasteiger partial charge in [-0.2, -0.15) is 0 Å². The van der Waals surface area contributed by atoms with Crippen LogP contribution in [0.25, 0.3) is 21.7 Å². The van der Waals surface area contributed by atoms with Crippen molar-refractivity contribution in [3.63, 3.8) is 0 Å². The Bertz CT molecular complexity index is 1110. The Morgan fingerprint density at radius 2 is 1.74 bits per heavy atom. The third kappa shape index (κ3) is 3.96. The van der Waals surface area contributed by atoms with Gasteiger partial charge in [0.2, 0.25) is 5.91 Å². The highest BCUT2D eigenvalue weighted by Gasteiger charge is 2.10. The number of nitrogens with zero attached hydrogens (tertiary/aromatic N) is 1. The fourth-order valence-corrected chi connectivity index (χ4v) is 4.00. The molecule has 0 spiro atoms. The Hall–Kier alpha value is -2.85. The number of carbonyl (C=O) groups is 1. The van der Waals surface area contributed by atoms with E-state index in [1.54, 1.807) is 11.8 Å². The summed E-state index contributed by atoms with van der Waals surface area (Å²) in [6.07, 6.45) is 0. The van der Waals surface area contributed by atoms with Gasteiger partial charge >= 0.3 is 0 Å². The number of hydrogen-bond donors (Lipinski definition) is 1. The third-order valence-corrected chi connectivity index (χ3v) is 5.45. The molecule has 1 amide bonds. The predicted molar refractivity (Wildman–Crippen MR) is 115 cm³/mol. The van der Waals surface area contributed by atoms with Gasteiger partial charge in [0, 0.05) is 22.2 Å². The molecule has 27 heavy (non-hydrogen) atoms. The lowest BCUT2D eigenvalue weighted by atomic mass is 10.0. The standard InChI is InChI=1S/C23H20N2OS/c1-16-13-21(25-22(26)15-27-14-17-7-3-2-4-8-17)20-12-11-18-9-5-6-10-19(18)23(20)24-16/h2-13H,14-15H2,1H3,(H,24,25,26). The lowest BCUT2D eigenvalue weighted by molar-refractivity contribution is -0.113. The van der Waals surface area contributed by atoms with Gasteiger partial charge in [0.15, 0.2) is 0 Å². The molecule has 0 aliphatic heterocycles. The van der Waals surface area contributed by atoms with Gasteiger partial charge in [-0.25, -0.2) is 0 Å². The van der Waals surface area contributed by atoms with E-state index in [0.29, 0.717) is 5.75 Å². The van der Waals surface area contributed by atoms with Crippen LogP contribution in [0, 0.1) is 6.92 Å². The second kappa shape index (κ2) is 7.80. The van der Waals surface area contributed by atoms with Crippen molar-refractivity contribution < 1.29 is 4.79 Å². The summed E-state index contributed by atoms with van der Waals surface area (Å²) in [6, 6.07) is 24.5. The van der Waals surface area contributed by atoms with Crippen LogP contribution in [0.5, 0.6) is 0 Å². The molecule has 1 heterocycles. The van der Waals surface area contributed by atoms with Crippen LogP contribution < -0.4 is 5.32 Å². The molecule has 0 unspecified atom stereocenters. The van der Waals surface area contributed by atoms with Crippen molar-refractivity contribution in [2.75, 3.05) is 11.1 Å². The summed E-state index contributed by atoms with van der Waals surface area (Å²) in [6.45, 7) is 1.96. The average Bonchev–Trinajstić information content (AvgIpc) is 2.68. The van der Waals surface area contributed by atoms with Crippen molar-refractivity contribution in [3.8, 4) is 0 Å². The molecule has 3 aromatic carbocycles. The zero-order valence-electron chi connectivity index (χ0n) is 15.1. The first kappa shape index (κ1) is 17.6. The summed E-state index contributed by atoms with van der Waals surface area (Å²) < 4.78 is 0. The summed E-state index contributed by atoms with van der Waals surface area (Å²) in [5.74, 6) is 1.26. The van der Waals surface area contributed by atoms with Crippen LogP contribution in [-0.2, 0) is 10.5 Å². The van der Waals surface area contributed by atoms with E-state index in [1.807, 2.05) is 49.4 Å². The van der Waals surface area contributed by atoms with E-state index >= 15 is 0 Å². The van der Waals surface area contributed by atoms with E-state index in [-0.39, 0.29) is 5.91 Å². The van der Waals surface area contributed by atoms with Gasteiger partial charge in [-0.3, -0.25) is 9.78 Å². The molecule has 134 valence electrons. The van der Waals surface area contributed by atoms with E-state index in [1.165, 1.54) is 5.56 Å². The van der Waals surface area contributed by atoms with E-state index < -0.39 is 0 Å². The van der Waals surface area contributed by atoms with Gasteiger partial charge in [-0.1, -0.05) is 66.7 Å². The van der Waals surface area contributed by atoms with Gasteiger partial charge in [-0.05, 0) is 23.9 Å². The number of aryl methyl sites for hydroxylation is 1. The normalized spacial score (nSPS) is 11.0. The Labute approximate surface area is 162 Å². The molecule has 0 saturated heterocycles. The maximum Gasteiger partial charge on any atom is 0.234 e. The molecule has 0 bridgehead atoms. The first-order valence-corrected chi connectivity index (χ1v) is 10.1. The smallest absolute Gasteiger partial charge is 0.234 e. The molecule has 3 nitrogen and oxygen atoms in total. The minimum Gasteiger partial charge on any atom is -0.325 e. The molecular formula is C23H20N2OS. The van der Waals surface area contributed by atoms with Crippen LogP contribution in [0.15, 0.2) is 72.8 Å². The zero-order chi connectivity index (χ0) is 18.6. The Balaban J connectivity index is 1.54. The fourth-order valence-electron chi connectivity index (χ4n) is 3.21. The summed E-state index contributed by atoms with van der Waals surface area (Å²) >= 11 is 1.62. The number of hydrogen-bond acceptors (Lipinski definition) is 3. The lowest BCUT2D eigenvalue weighted by Crippen LogP contribution is -2.14. The van der Waals surface area contributed by atoms with Crippen molar-refractivity contribution in [2.24, 2.45) is 0 Å². The van der Waals surface area contributed by atoms with E-state index in [2.05, 4.69) is 35.6 Å². The number of anilines is 1. The van der Waals surface area contributed by atoms with Crippen LogP contribution in [0.1, 0.15) is 11.3 Å². The van der Waals surface area contributed by atoms with E-state index in [4.69, 9.17) is 4.98 Å². The molecule has 4 rings (SSSR count). The van der Waals surface area contributed by atoms with Crippen molar-refractivity contribution in [2.45, 2.75) is 12.7 Å². The molecule has 1 N–H and O–H groups in total. The lowest BCUT2D eigenvalue weighted by Gasteiger charge is -2.11. The van der Waals surface area contributed by atoms with E-state index in [9.17, 15) is 4.79 Å². The SMILES string of the molecule is Cc1cc(NC(=O)CSCc2ccccc2)c2ccc3ccccc3c2n1. The summed E-state index contributed by atoms with van der Waals surface area (Å²) in [4.78, 5) is 17.2. The minimum atomic E-state index is 0.0102. The van der Waals surface area contributed by atoms with Gasteiger partial charge < -0.3 is 5.32 Å². The number of aromatic nitrogens is 1. The number of carbonyl (C=O) groups excluding carboxylic acids is 1. The zero-order valence-corrected chi connectivity index (χ0v) is 15.9. The van der Waals surface area contributed by atoms with Crippen LogP contribution in [0.2, 0.25) is 0 Å². The maximum absolute atomic E-state index is 12.5. The largest absolute Gasteiger partial charge is 0.325 e.